The summed E-state index contributed by atoms with van der Waals surface area (Å²) in [6, 6.07) is 2.09. The van der Waals surface area contributed by atoms with Gasteiger partial charge >= 0.3 is 0 Å². The van der Waals surface area contributed by atoms with Gasteiger partial charge in [0.15, 0.2) is 5.82 Å². The van der Waals surface area contributed by atoms with Crippen molar-refractivity contribution in [2.24, 2.45) is 0 Å². The van der Waals surface area contributed by atoms with Crippen molar-refractivity contribution in [3.63, 3.8) is 0 Å². The van der Waals surface area contributed by atoms with Gasteiger partial charge in [0.05, 0.1) is 18.3 Å². The summed E-state index contributed by atoms with van der Waals surface area (Å²) in [5, 5.41) is 13.2. The van der Waals surface area contributed by atoms with Crippen molar-refractivity contribution < 1.29 is 4.74 Å². The van der Waals surface area contributed by atoms with E-state index in [1.807, 2.05) is 6.07 Å². The van der Waals surface area contributed by atoms with Crippen molar-refractivity contribution in [3.8, 4) is 0 Å². The molecular formula is C16H22N8O. The second-order valence-corrected chi connectivity index (χ2v) is 6.60. The zero-order valence-corrected chi connectivity index (χ0v) is 14.9. The monoisotopic (exact) mass is 342 g/mol. The van der Waals surface area contributed by atoms with Gasteiger partial charge in [-0.25, -0.2) is 4.98 Å². The van der Waals surface area contributed by atoms with Gasteiger partial charge in [0.2, 0.25) is 0 Å². The first kappa shape index (κ1) is 15.9. The van der Waals surface area contributed by atoms with Crippen molar-refractivity contribution in [1.29, 1.82) is 0 Å². The summed E-state index contributed by atoms with van der Waals surface area (Å²) in [4.78, 5) is 11.0. The van der Waals surface area contributed by atoms with Crippen LogP contribution < -0.4 is 4.90 Å². The van der Waals surface area contributed by atoms with E-state index in [1.54, 1.807) is 11.6 Å². The molecular weight excluding hydrogens is 320 g/mol. The molecule has 0 spiro atoms. The molecule has 0 N–H and O–H groups in total. The number of fused-ring (bicyclic) bond motifs is 2. The lowest BCUT2D eigenvalue weighted by Gasteiger charge is -2.35. The third-order valence-electron chi connectivity index (χ3n) is 4.60. The largest absolute Gasteiger partial charge is 0.378 e. The van der Waals surface area contributed by atoms with Crippen molar-refractivity contribution in [2.75, 3.05) is 18.6 Å². The molecule has 3 aromatic heterocycles. The Morgan fingerprint density at radius 3 is 2.88 bits per heavy atom. The maximum Gasteiger partial charge on any atom is 0.254 e. The molecule has 9 heteroatoms. The molecule has 132 valence electrons. The fourth-order valence-corrected chi connectivity index (χ4v) is 3.42. The molecule has 4 rings (SSSR count). The summed E-state index contributed by atoms with van der Waals surface area (Å²) in [7, 11) is 1.66. The fourth-order valence-electron chi connectivity index (χ4n) is 3.42. The highest BCUT2D eigenvalue weighted by Crippen LogP contribution is 2.31. The molecule has 25 heavy (non-hydrogen) atoms. The van der Waals surface area contributed by atoms with Crippen LogP contribution in [-0.4, -0.2) is 48.0 Å². The van der Waals surface area contributed by atoms with Crippen LogP contribution in [0.5, 0.6) is 0 Å². The van der Waals surface area contributed by atoms with E-state index < -0.39 is 0 Å². The van der Waals surface area contributed by atoms with E-state index in [1.165, 1.54) is 6.33 Å². The number of anilines is 1. The van der Waals surface area contributed by atoms with Gasteiger partial charge in [0.25, 0.3) is 5.78 Å². The van der Waals surface area contributed by atoms with Crippen LogP contribution in [0.2, 0.25) is 0 Å². The first-order valence-corrected chi connectivity index (χ1v) is 8.48. The molecule has 0 aromatic carbocycles. The summed E-state index contributed by atoms with van der Waals surface area (Å²) in [6.07, 6.45) is 1.52. The number of ether oxygens (including phenoxy) is 1. The molecule has 4 heterocycles. The van der Waals surface area contributed by atoms with Gasteiger partial charge in [-0.05, 0) is 6.92 Å². The molecule has 0 saturated heterocycles. The molecule has 9 nitrogen and oxygen atoms in total. The van der Waals surface area contributed by atoms with E-state index in [0.717, 1.165) is 36.3 Å². The minimum atomic E-state index is 0.0824. The summed E-state index contributed by atoms with van der Waals surface area (Å²) < 4.78 is 9.25. The summed E-state index contributed by atoms with van der Waals surface area (Å²) in [6.45, 7) is 8.56. The molecule has 0 aliphatic carbocycles. The highest BCUT2D eigenvalue weighted by Gasteiger charge is 2.30. The molecule has 0 fully saturated rings. The number of hydrogen-bond donors (Lipinski definition) is 0. The van der Waals surface area contributed by atoms with Crippen LogP contribution in [0, 0.1) is 0 Å². The first-order valence-electron chi connectivity index (χ1n) is 8.48. The Morgan fingerprint density at radius 1 is 1.28 bits per heavy atom. The fraction of sp³-hybridized carbons (Fsp3) is 0.562. The average molecular weight is 342 g/mol. The van der Waals surface area contributed by atoms with Gasteiger partial charge in [-0.1, -0.05) is 13.8 Å². The van der Waals surface area contributed by atoms with Crippen LogP contribution in [0.15, 0.2) is 12.4 Å². The Balaban J connectivity index is 1.77. The lowest BCUT2D eigenvalue weighted by molar-refractivity contribution is 0.181. The number of methoxy groups -OCH3 is 1. The topological polar surface area (TPSA) is 86.3 Å². The maximum absolute atomic E-state index is 5.24. The quantitative estimate of drug-likeness (QED) is 0.711. The zero-order valence-electron chi connectivity index (χ0n) is 14.9. The van der Waals surface area contributed by atoms with Crippen LogP contribution in [0.4, 0.5) is 5.82 Å². The van der Waals surface area contributed by atoms with E-state index >= 15 is 0 Å². The van der Waals surface area contributed by atoms with Crippen molar-refractivity contribution in [3.05, 3.63) is 29.7 Å². The number of aromatic nitrogens is 7. The highest BCUT2D eigenvalue weighted by molar-refractivity contribution is 5.49. The Morgan fingerprint density at radius 2 is 2.12 bits per heavy atom. The SMILES string of the molecule is COCc1cc(N2CCn3c(C(C)C)nnc3C2C)n2ncnc2n1. The number of nitrogens with zero attached hydrogens (tertiary/aromatic N) is 8. The van der Waals surface area contributed by atoms with Crippen LogP contribution in [0.1, 0.15) is 50.1 Å². The summed E-state index contributed by atoms with van der Waals surface area (Å²) >= 11 is 0. The first-order chi connectivity index (χ1) is 12.1. The highest BCUT2D eigenvalue weighted by atomic mass is 16.5. The number of hydrogen-bond acceptors (Lipinski definition) is 7. The Bertz CT molecular complexity index is 899. The molecule has 1 unspecified atom stereocenters. The molecule has 0 amide bonds. The predicted molar refractivity (Wildman–Crippen MR) is 91.4 cm³/mol. The lowest BCUT2D eigenvalue weighted by atomic mass is 10.1. The van der Waals surface area contributed by atoms with Crippen molar-refractivity contribution >= 4 is 11.6 Å². The van der Waals surface area contributed by atoms with Crippen LogP contribution in [0.25, 0.3) is 5.78 Å². The van der Waals surface area contributed by atoms with E-state index in [9.17, 15) is 0 Å². The van der Waals surface area contributed by atoms with E-state index in [2.05, 4.69) is 55.5 Å². The third kappa shape index (κ3) is 2.55. The maximum atomic E-state index is 5.24. The zero-order chi connectivity index (χ0) is 17.6. The van der Waals surface area contributed by atoms with Crippen LogP contribution in [-0.2, 0) is 17.9 Å². The third-order valence-corrected chi connectivity index (χ3v) is 4.60. The molecule has 3 aromatic rings. The summed E-state index contributed by atoms with van der Waals surface area (Å²) in [5.74, 6) is 3.90. The minimum Gasteiger partial charge on any atom is -0.378 e. The standard InChI is InChI=1S/C16H22N8O/c1-10(2)14-20-21-15-11(3)22(5-6-23(14)15)13-7-12(8-25-4)19-16-17-9-18-24(13)16/h7,9-11H,5-6,8H2,1-4H3. The van der Waals surface area contributed by atoms with Crippen molar-refractivity contribution in [2.45, 2.75) is 45.9 Å². The molecule has 0 saturated carbocycles. The van der Waals surface area contributed by atoms with Crippen LogP contribution >= 0.6 is 0 Å². The summed E-state index contributed by atoms with van der Waals surface area (Å²) in [5.41, 5.74) is 0.833. The Kier molecular flexibility index (Phi) is 3.87. The van der Waals surface area contributed by atoms with Gasteiger partial charge in [0.1, 0.15) is 18.0 Å². The van der Waals surface area contributed by atoms with Gasteiger partial charge in [-0.2, -0.15) is 14.6 Å². The van der Waals surface area contributed by atoms with Gasteiger partial charge in [-0.3, -0.25) is 0 Å². The lowest BCUT2D eigenvalue weighted by Crippen LogP contribution is -2.39. The van der Waals surface area contributed by atoms with Gasteiger partial charge < -0.3 is 14.2 Å². The second kappa shape index (κ2) is 6.07. The number of rotatable bonds is 4. The molecule has 1 aliphatic heterocycles. The average Bonchev–Trinajstić information content (AvgIpc) is 3.21. The minimum absolute atomic E-state index is 0.0824. The van der Waals surface area contributed by atoms with E-state index in [4.69, 9.17) is 4.74 Å². The molecule has 1 atom stereocenters. The predicted octanol–water partition coefficient (Wildman–Crippen LogP) is 1.57. The normalized spacial score (nSPS) is 17.5. The second-order valence-electron chi connectivity index (χ2n) is 6.60. The van der Waals surface area contributed by atoms with Gasteiger partial charge in [-0.15, -0.1) is 10.2 Å². The molecule has 0 bridgehead atoms. The molecule has 0 radical (unpaired) electrons. The Labute approximate surface area is 145 Å². The van der Waals surface area contributed by atoms with Crippen LogP contribution in [0.3, 0.4) is 0 Å². The van der Waals surface area contributed by atoms with E-state index in [-0.39, 0.29) is 6.04 Å². The smallest absolute Gasteiger partial charge is 0.254 e. The van der Waals surface area contributed by atoms with Crippen molar-refractivity contribution in [1.82, 2.24) is 34.3 Å². The Hall–Kier alpha value is -2.55. The van der Waals surface area contributed by atoms with Gasteiger partial charge in [0, 0.05) is 32.2 Å². The van der Waals surface area contributed by atoms with E-state index in [0.29, 0.717) is 18.3 Å². The molecule has 1 aliphatic rings.